The van der Waals surface area contributed by atoms with Crippen LogP contribution in [0.25, 0.3) is 0 Å². The zero-order valence-electron chi connectivity index (χ0n) is 15.5. The second kappa shape index (κ2) is 8.75. The maximum atomic E-state index is 11.9. The number of carboxylic acids is 1. The Morgan fingerprint density at radius 1 is 1.21 bits per heavy atom. The lowest BCUT2D eigenvalue weighted by atomic mass is 10.1. The predicted molar refractivity (Wildman–Crippen MR) is 103 cm³/mol. The van der Waals surface area contributed by atoms with E-state index in [-0.39, 0.29) is 12.2 Å². The van der Waals surface area contributed by atoms with Crippen LogP contribution in [0.4, 0.5) is 11.4 Å². The molecule has 12 heteroatoms. The van der Waals surface area contributed by atoms with Gasteiger partial charge < -0.3 is 19.9 Å². The quantitative estimate of drug-likeness (QED) is 0.399. The van der Waals surface area contributed by atoms with Crippen LogP contribution in [0.3, 0.4) is 0 Å². The SMILES string of the molecule is COc1ccc(CCNc2c([N+](=O)[O-])cc(C(=O)O)cc2S(N)(=O)=O)cc1OC. The molecule has 11 nitrogen and oxygen atoms in total. The van der Waals surface area contributed by atoms with Crippen molar-refractivity contribution in [3.05, 3.63) is 51.6 Å². The van der Waals surface area contributed by atoms with Gasteiger partial charge in [-0.2, -0.15) is 0 Å². The Bertz CT molecular complexity index is 1050. The Balaban J connectivity index is 2.37. The number of nitro benzene ring substituents is 1. The molecule has 0 spiro atoms. The number of ether oxygens (including phenoxy) is 2. The second-order valence-corrected chi connectivity index (χ2v) is 7.37. The number of nitro groups is 1. The number of rotatable bonds is 9. The molecule has 0 saturated carbocycles. The van der Waals surface area contributed by atoms with Gasteiger partial charge in [0.05, 0.1) is 24.7 Å². The second-order valence-electron chi connectivity index (χ2n) is 5.84. The summed E-state index contributed by atoms with van der Waals surface area (Å²) in [5.74, 6) is -0.498. The van der Waals surface area contributed by atoms with Crippen LogP contribution in [0.15, 0.2) is 35.2 Å². The van der Waals surface area contributed by atoms with E-state index in [1.54, 1.807) is 18.2 Å². The highest BCUT2D eigenvalue weighted by molar-refractivity contribution is 7.89. The van der Waals surface area contributed by atoms with Crippen LogP contribution in [0.2, 0.25) is 0 Å². The monoisotopic (exact) mass is 425 g/mol. The van der Waals surface area contributed by atoms with Gasteiger partial charge in [-0.15, -0.1) is 0 Å². The van der Waals surface area contributed by atoms with E-state index in [4.69, 9.17) is 19.7 Å². The highest BCUT2D eigenvalue weighted by atomic mass is 32.2. The number of nitrogens with one attached hydrogen (secondary N) is 1. The Kier molecular flexibility index (Phi) is 6.61. The predicted octanol–water partition coefficient (Wildman–Crippen LogP) is 1.61. The summed E-state index contributed by atoms with van der Waals surface area (Å²) >= 11 is 0. The first-order valence-corrected chi connectivity index (χ1v) is 9.66. The maximum absolute atomic E-state index is 11.9. The molecule has 0 amide bonds. The van der Waals surface area contributed by atoms with Gasteiger partial charge in [0.25, 0.3) is 5.69 Å². The number of sulfonamides is 1. The van der Waals surface area contributed by atoms with Crippen molar-refractivity contribution in [1.29, 1.82) is 0 Å². The van der Waals surface area contributed by atoms with Crippen LogP contribution >= 0.6 is 0 Å². The smallest absolute Gasteiger partial charge is 0.335 e. The summed E-state index contributed by atoms with van der Waals surface area (Å²) < 4.78 is 34.1. The molecule has 2 rings (SSSR count). The topological polar surface area (TPSA) is 171 Å². The fraction of sp³-hybridized carbons (Fsp3) is 0.235. The molecule has 2 aromatic rings. The average molecular weight is 425 g/mol. The van der Waals surface area contributed by atoms with Gasteiger partial charge in [-0.05, 0) is 30.2 Å². The number of hydrogen-bond donors (Lipinski definition) is 3. The Labute approximate surface area is 166 Å². The van der Waals surface area contributed by atoms with Crippen molar-refractivity contribution in [3.63, 3.8) is 0 Å². The van der Waals surface area contributed by atoms with Crippen LogP contribution in [-0.2, 0) is 16.4 Å². The molecule has 0 heterocycles. The van der Waals surface area contributed by atoms with Gasteiger partial charge in [0, 0.05) is 12.6 Å². The third kappa shape index (κ3) is 5.12. The molecule has 0 atom stereocenters. The summed E-state index contributed by atoms with van der Waals surface area (Å²) in [6, 6.07) is 6.71. The summed E-state index contributed by atoms with van der Waals surface area (Å²) in [4.78, 5) is 21.0. The largest absolute Gasteiger partial charge is 0.493 e. The van der Waals surface area contributed by atoms with Gasteiger partial charge in [-0.1, -0.05) is 6.07 Å². The number of aromatic carboxylic acids is 1. The van der Waals surface area contributed by atoms with Gasteiger partial charge in [-0.25, -0.2) is 18.4 Å². The molecular weight excluding hydrogens is 406 g/mol. The van der Waals surface area contributed by atoms with Crippen molar-refractivity contribution in [2.45, 2.75) is 11.3 Å². The Morgan fingerprint density at radius 2 is 1.86 bits per heavy atom. The van der Waals surface area contributed by atoms with E-state index in [1.807, 2.05) is 0 Å². The number of hydrogen-bond acceptors (Lipinski definition) is 8. The molecule has 29 heavy (non-hydrogen) atoms. The van der Waals surface area contributed by atoms with Gasteiger partial charge >= 0.3 is 5.97 Å². The van der Waals surface area contributed by atoms with Crippen LogP contribution in [0, 0.1) is 10.1 Å². The number of anilines is 1. The minimum atomic E-state index is -4.43. The van der Waals surface area contributed by atoms with Gasteiger partial charge in [0.2, 0.25) is 10.0 Å². The molecule has 0 aromatic heterocycles. The average Bonchev–Trinajstić information content (AvgIpc) is 2.66. The van der Waals surface area contributed by atoms with E-state index >= 15 is 0 Å². The van der Waals surface area contributed by atoms with Crippen molar-refractivity contribution in [2.24, 2.45) is 5.14 Å². The fourth-order valence-corrected chi connectivity index (χ4v) is 3.39. The van der Waals surface area contributed by atoms with E-state index in [1.165, 1.54) is 14.2 Å². The number of methoxy groups -OCH3 is 2. The van der Waals surface area contributed by atoms with Crippen molar-refractivity contribution in [3.8, 4) is 11.5 Å². The molecule has 0 unspecified atom stereocenters. The molecule has 2 aromatic carbocycles. The van der Waals surface area contributed by atoms with Crippen molar-refractivity contribution in [1.82, 2.24) is 0 Å². The van der Waals surface area contributed by atoms with Crippen LogP contribution in [0.1, 0.15) is 15.9 Å². The van der Waals surface area contributed by atoms with E-state index < -0.39 is 37.1 Å². The van der Waals surface area contributed by atoms with Crippen LogP contribution in [0.5, 0.6) is 11.5 Å². The zero-order chi connectivity index (χ0) is 21.8. The fourth-order valence-electron chi connectivity index (χ4n) is 2.64. The molecule has 0 bridgehead atoms. The van der Waals surface area contributed by atoms with Gasteiger partial charge in [0.1, 0.15) is 10.6 Å². The van der Waals surface area contributed by atoms with E-state index in [2.05, 4.69) is 5.32 Å². The lowest BCUT2D eigenvalue weighted by molar-refractivity contribution is -0.384. The van der Waals surface area contributed by atoms with Crippen molar-refractivity contribution >= 4 is 27.4 Å². The molecular formula is C17H19N3O8S. The van der Waals surface area contributed by atoms with Crippen LogP contribution < -0.4 is 19.9 Å². The Morgan fingerprint density at radius 3 is 2.38 bits per heavy atom. The molecule has 0 fully saturated rings. The summed E-state index contributed by atoms with van der Waals surface area (Å²) in [6.07, 6.45) is 0.349. The highest BCUT2D eigenvalue weighted by Crippen LogP contribution is 2.33. The minimum absolute atomic E-state index is 0.102. The normalized spacial score (nSPS) is 11.0. The minimum Gasteiger partial charge on any atom is -0.493 e. The molecule has 156 valence electrons. The van der Waals surface area contributed by atoms with Crippen molar-refractivity contribution < 1.29 is 32.7 Å². The molecule has 0 saturated heterocycles. The number of primary sulfonamides is 1. The number of carbonyl (C=O) groups is 1. The number of nitrogens with two attached hydrogens (primary N) is 1. The lowest BCUT2D eigenvalue weighted by Crippen LogP contribution is -2.18. The molecule has 0 radical (unpaired) electrons. The standard InChI is InChI=1S/C17H19N3O8S/c1-27-13-4-3-10(7-14(13)28-2)5-6-19-16-12(20(23)24)8-11(17(21)22)9-15(16)29(18,25)26/h3-4,7-9,19H,5-6H2,1-2H3,(H,21,22)(H2,18,25,26). The number of benzene rings is 2. The molecule has 0 aliphatic rings. The third-order valence-corrected chi connectivity index (χ3v) is 4.93. The summed E-state index contributed by atoms with van der Waals surface area (Å²) in [7, 11) is -1.46. The number of nitrogens with zero attached hydrogens (tertiary/aromatic N) is 1. The summed E-state index contributed by atoms with van der Waals surface area (Å²) in [5, 5.41) is 28.3. The van der Waals surface area contributed by atoms with Crippen LogP contribution in [-0.4, -0.2) is 45.2 Å². The summed E-state index contributed by atoms with van der Waals surface area (Å²) in [6.45, 7) is 0.102. The maximum Gasteiger partial charge on any atom is 0.335 e. The van der Waals surface area contributed by atoms with E-state index in [0.717, 1.165) is 17.7 Å². The Hall–Kier alpha value is -3.38. The first kappa shape index (κ1) is 21.9. The third-order valence-electron chi connectivity index (χ3n) is 3.99. The molecule has 0 aliphatic heterocycles. The van der Waals surface area contributed by atoms with E-state index in [0.29, 0.717) is 17.9 Å². The molecule has 0 aliphatic carbocycles. The highest BCUT2D eigenvalue weighted by Gasteiger charge is 2.27. The summed E-state index contributed by atoms with van der Waals surface area (Å²) in [5.41, 5.74) is -0.854. The van der Waals surface area contributed by atoms with E-state index in [9.17, 15) is 23.3 Å². The first-order valence-electron chi connectivity index (χ1n) is 8.11. The zero-order valence-corrected chi connectivity index (χ0v) is 16.4. The number of carboxylic acid groups (broad SMARTS) is 1. The van der Waals surface area contributed by atoms with Gasteiger partial charge in [0.15, 0.2) is 11.5 Å². The molecule has 4 N–H and O–H groups in total. The van der Waals surface area contributed by atoms with Gasteiger partial charge in [-0.3, -0.25) is 10.1 Å². The van der Waals surface area contributed by atoms with Crippen molar-refractivity contribution in [2.75, 3.05) is 26.1 Å². The first-order chi connectivity index (χ1) is 13.6. The lowest BCUT2D eigenvalue weighted by Gasteiger charge is -2.13.